The zero-order valence-electron chi connectivity index (χ0n) is 17.2. The zero-order valence-corrected chi connectivity index (χ0v) is 17.2. The normalized spacial score (nSPS) is 13.6. The minimum Gasteiger partial charge on any atom is -0.489 e. The average molecular weight is 408 g/mol. The lowest BCUT2D eigenvalue weighted by Crippen LogP contribution is -2.26. The molecule has 0 spiro atoms. The molecule has 2 heterocycles. The van der Waals surface area contributed by atoms with Gasteiger partial charge < -0.3 is 24.1 Å². The average Bonchev–Trinajstić information content (AvgIpc) is 3.09. The smallest absolute Gasteiger partial charge is 0.251 e. The van der Waals surface area contributed by atoms with Crippen LogP contribution in [0.25, 0.3) is 0 Å². The molecule has 1 N–H and O–H groups in total. The molecule has 0 unspecified atom stereocenters. The van der Waals surface area contributed by atoms with Crippen LogP contribution in [0.3, 0.4) is 0 Å². The van der Waals surface area contributed by atoms with Crippen molar-refractivity contribution in [1.29, 1.82) is 0 Å². The van der Waals surface area contributed by atoms with Crippen LogP contribution in [0.2, 0.25) is 0 Å². The highest BCUT2D eigenvalue weighted by atomic mass is 16.6. The number of carbonyl (C=O) groups excluding carboxylic acids is 1. The Bertz CT molecular complexity index is 1040. The number of amides is 1. The summed E-state index contributed by atoms with van der Waals surface area (Å²) in [5.74, 6) is 2.59. The molecule has 0 saturated carbocycles. The fraction of sp³-hybridized carbons (Fsp3) is 0.304. The fourth-order valence-corrected chi connectivity index (χ4v) is 3.28. The van der Waals surface area contributed by atoms with Crippen LogP contribution in [0.1, 0.15) is 45.9 Å². The summed E-state index contributed by atoms with van der Waals surface area (Å²) in [7, 11) is 0. The third-order valence-corrected chi connectivity index (χ3v) is 5.07. The summed E-state index contributed by atoms with van der Waals surface area (Å²) in [5, 5.41) is 6.95. The van der Waals surface area contributed by atoms with E-state index in [0.29, 0.717) is 36.9 Å². The Kier molecular flexibility index (Phi) is 5.61. The van der Waals surface area contributed by atoms with E-state index in [1.54, 1.807) is 18.2 Å². The summed E-state index contributed by atoms with van der Waals surface area (Å²) in [6.07, 6.45) is 0. The second kappa shape index (κ2) is 8.49. The van der Waals surface area contributed by atoms with E-state index in [0.717, 1.165) is 28.3 Å². The highest BCUT2D eigenvalue weighted by Gasteiger charge is 2.17. The molecule has 7 heteroatoms. The Hall–Kier alpha value is -3.48. The molecule has 1 atom stereocenters. The second-order valence-corrected chi connectivity index (χ2v) is 7.22. The largest absolute Gasteiger partial charge is 0.489 e. The Labute approximate surface area is 174 Å². The summed E-state index contributed by atoms with van der Waals surface area (Å²) in [4.78, 5) is 12.8. The molecule has 1 aromatic heterocycles. The van der Waals surface area contributed by atoms with Crippen LogP contribution < -0.4 is 19.5 Å². The number of hydrogen-bond donors (Lipinski definition) is 1. The van der Waals surface area contributed by atoms with Crippen molar-refractivity contribution in [3.63, 3.8) is 0 Å². The molecule has 0 radical (unpaired) electrons. The molecule has 7 nitrogen and oxygen atoms in total. The Morgan fingerprint density at radius 2 is 1.93 bits per heavy atom. The lowest BCUT2D eigenvalue weighted by Gasteiger charge is -2.21. The van der Waals surface area contributed by atoms with Gasteiger partial charge in [-0.3, -0.25) is 4.79 Å². The predicted octanol–water partition coefficient (Wildman–Crippen LogP) is 4.13. The number of carbonyl (C=O) groups is 1. The maximum atomic E-state index is 12.8. The van der Waals surface area contributed by atoms with Crippen LogP contribution in [0.5, 0.6) is 17.2 Å². The number of aromatic nitrogens is 1. The molecule has 156 valence electrons. The van der Waals surface area contributed by atoms with Gasteiger partial charge in [0.1, 0.15) is 31.3 Å². The van der Waals surface area contributed by atoms with E-state index in [4.69, 9.17) is 18.7 Å². The number of rotatable bonds is 6. The SMILES string of the molecule is Cc1noc(C)c1COc1cccc(C(=O)N[C@H](C)c2ccc3c(c2)OCCO3)c1. The van der Waals surface area contributed by atoms with E-state index >= 15 is 0 Å². The summed E-state index contributed by atoms with van der Waals surface area (Å²) in [6.45, 7) is 7.06. The monoisotopic (exact) mass is 408 g/mol. The van der Waals surface area contributed by atoms with Crippen molar-refractivity contribution in [3.8, 4) is 17.2 Å². The van der Waals surface area contributed by atoms with E-state index in [-0.39, 0.29) is 11.9 Å². The van der Waals surface area contributed by atoms with Gasteiger partial charge in [-0.1, -0.05) is 17.3 Å². The van der Waals surface area contributed by atoms with Gasteiger partial charge >= 0.3 is 0 Å². The number of aryl methyl sites for hydroxylation is 2. The number of benzene rings is 2. The van der Waals surface area contributed by atoms with E-state index in [9.17, 15) is 4.79 Å². The van der Waals surface area contributed by atoms with Gasteiger partial charge in [-0.05, 0) is 56.7 Å². The van der Waals surface area contributed by atoms with Crippen molar-refractivity contribution in [2.24, 2.45) is 0 Å². The van der Waals surface area contributed by atoms with Crippen LogP contribution in [-0.4, -0.2) is 24.3 Å². The molecule has 1 aliphatic rings. The van der Waals surface area contributed by atoms with Crippen molar-refractivity contribution < 1.29 is 23.5 Å². The third-order valence-electron chi connectivity index (χ3n) is 5.07. The van der Waals surface area contributed by atoms with Crippen molar-refractivity contribution in [3.05, 3.63) is 70.6 Å². The number of nitrogens with zero attached hydrogens (tertiary/aromatic N) is 1. The van der Waals surface area contributed by atoms with E-state index in [2.05, 4.69) is 10.5 Å². The highest BCUT2D eigenvalue weighted by Crippen LogP contribution is 2.32. The molecule has 0 aliphatic carbocycles. The topological polar surface area (TPSA) is 82.8 Å². The molecule has 4 rings (SSSR count). The first-order chi connectivity index (χ1) is 14.5. The van der Waals surface area contributed by atoms with Gasteiger partial charge in [0.25, 0.3) is 5.91 Å². The van der Waals surface area contributed by atoms with Gasteiger partial charge in [0, 0.05) is 5.56 Å². The maximum Gasteiger partial charge on any atom is 0.251 e. The lowest BCUT2D eigenvalue weighted by atomic mass is 10.1. The van der Waals surface area contributed by atoms with Crippen LogP contribution in [0.15, 0.2) is 47.0 Å². The molecule has 3 aromatic rings. The highest BCUT2D eigenvalue weighted by molar-refractivity contribution is 5.94. The lowest BCUT2D eigenvalue weighted by molar-refractivity contribution is 0.0939. The fourth-order valence-electron chi connectivity index (χ4n) is 3.28. The van der Waals surface area contributed by atoms with Crippen LogP contribution in [0, 0.1) is 13.8 Å². The van der Waals surface area contributed by atoms with Crippen molar-refractivity contribution in [1.82, 2.24) is 10.5 Å². The second-order valence-electron chi connectivity index (χ2n) is 7.22. The van der Waals surface area contributed by atoms with E-state index in [1.165, 1.54) is 0 Å². The molecule has 0 saturated heterocycles. The molecular formula is C23H24N2O5. The van der Waals surface area contributed by atoms with Gasteiger partial charge in [0.15, 0.2) is 11.5 Å². The molecule has 0 bridgehead atoms. The standard InChI is InChI=1S/C23H24N2O5/c1-14(17-7-8-21-22(12-17)28-10-9-27-21)24-23(26)18-5-4-6-19(11-18)29-13-20-15(2)25-30-16(20)3/h4-8,11-12,14H,9-10,13H2,1-3H3,(H,24,26)/t14-/m1/s1. The number of fused-ring (bicyclic) bond motifs is 1. The van der Waals surface area contributed by atoms with Crippen molar-refractivity contribution >= 4 is 5.91 Å². The molecule has 30 heavy (non-hydrogen) atoms. The minimum atomic E-state index is -0.194. The van der Waals surface area contributed by atoms with Gasteiger partial charge in [0.05, 0.1) is 17.3 Å². The van der Waals surface area contributed by atoms with Crippen molar-refractivity contribution in [2.75, 3.05) is 13.2 Å². The molecule has 2 aromatic carbocycles. The molecular weight excluding hydrogens is 384 g/mol. The summed E-state index contributed by atoms with van der Waals surface area (Å²) in [6, 6.07) is 12.6. The Morgan fingerprint density at radius 3 is 2.70 bits per heavy atom. The first kappa shape index (κ1) is 19.8. The van der Waals surface area contributed by atoms with Gasteiger partial charge in [0.2, 0.25) is 0 Å². The first-order valence-corrected chi connectivity index (χ1v) is 9.86. The van der Waals surface area contributed by atoms with E-state index in [1.807, 2.05) is 45.0 Å². The van der Waals surface area contributed by atoms with Crippen LogP contribution >= 0.6 is 0 Å². The van der Waals surface area contributed by atoms with Crippen LogP contribution in [-0.2, 0) is 6.61 Å². The number of nitrogens with one attached hydrogen (secondary N) is 1. The third kappa shape index (κ3) is 4.25. The van der Waals surface area contributed by atoms with Crippen LogP contribution in [0.4, 0.5) is 0 Å². The number of hydrogen-bond acceptors (Lipinski definition) is 6. The molecule has 1 aliphatic heterocycles. The van der Waals surface area contributed by atoms with Gasteiger partial charge in [-0.15, -0.1) is 0 Å². The van der Waals surface area contributed by atoms with Crippen molar-refractivity contribution in [2.45, 2.75) is 33.4 Å². The summed E-state index contributed by atoms with van der Waals surface area (Å²) < 4.78 is 22.2. The number of ether oxygens (including phenoxy) is 3. The molecule has 0 fully saturated rings. The Morgan fingerprint density at radius 1 is 1.13 bits per heavy atom. The quantitative estimate of drug-likeness (QED) is 0.660. The minimum absolute atomic E-state index is 0.180. The predicted molar refractivity (Wildman–Crippen MR) is 110 cm³/mol. The summed E-state index contributed by atoms with van der Waals surface area (Å²) in [5.41, 5.74) is 3.18. The maximum absolute atomic E-state index is 12.8. The van der Waals surface area contributed by atoms with E-state index < -0.39 is 0 Å². The molecule has 1 amide bonds. The summed E-state index contributed by atoms with van der Waals surface area (Å²) >= 11 is 0. The van der Waals surface area contributed by atoms with Gasteiger partial charge in [-0.25, -0.2) is 0 Å². The van der Waals surface area contributed by atoms with Gasteiger partial charge in [-0.2, -0.15) is 0 Å². The Balaban J connectivity index is 1.41. The zero-order chi connectivity index (χ0) is 21.1. The first-order valence-electron chi connectivity index (χ1n) is 9.86.